The number of aliphatic hydroxyl groups is 1. The van der Waals surface area contributed by atoms with Gasteiger partial charge in [-0.1, -0.05) is 39.8 Å². The highest BCUT2D eigenvalue weighted by Gasteiger charge is 2.07. The van der Waals surface area contributed by atoms with Gasteiger partial charge in [0.05, 0.1) is 12.7 Å². The number of anilines is 1. The van der Waals surface area contributed by atoms with Gasteiger partial charge in [-0.25, -0.2) is 4.79 Å². The lowest BCUT2D eigenvalue weighted by atomic mass is 10.1. The van der Waals surface area contributed by atoms with E-state index in [9.17, 15) is 14.7 Å². The van der Waals surface area contributed by atoms with E-state index in [4.69, 9.17) is 9.47 Å². The molecule has 0 aliphatic rings. The Morgan fingerprint density at radius 2 is 1.73 bits per heavy atom. The summed E-state index contributed by atoms with van der Waals surface area (Å²) in [7, 11) is 0. The first kappa shape index (κ1) is 25.9. The summed E-state index contributed by atoms with van der Waals surface area (Å²) in [6.45, 7) is 9.65. The molecule has 2 amide bonds. The van der Waals surface area contributed by atoms with Crippen LogP contribution in [0.4, 0.5) is 10.5 Å². The van der Waals surface area contributed by atoms with Crippen LogP contribution in [0.1, 0.15) is 58.9 Å². The third-order valence-corrected chi connectivity index (χ3v) is 4.32. The summed E-state index contributed by atoms with van der Waals surface area (Å²) in [5, 5.41) is 15.3. The van der Waals surface area contributed by atoms with Gasteiger partial charge in [0.25, 0.3) is 0 Å². The molecule has 1 aromatic carbocycles. The summed E-state index contributed by atoms with van der Waals surface area (Å²) in [4.78, 5) is 23.5. The van der Waals surface area contributed by atoms with Crippen LogP contribution in [0.5, 0.6) is 0 Å². The van der Waals surface area contributed by atoms with Crippen LogP contribution in [0.3, 0.4) is 0 Å². The van der Waals surface area contributed by atoms with E-state index >= 15 is 0 Å². The van der Waals surface area contributed by atoms with Crippen molar-refractivity contribution >= 4 is 17.7 Å². The number of carbonyl (C=O) groups excluding carboxylic acids is 2. The van der Waals surface area contributed by atoms with E-state index in [2.05, 4.69) is 24.5 Å². The number of nitrogens with one attached hydrogen (secondary N) is 2. The van der Waals surface area contributed by atoms with Gasteiger partial charge < -0.3 is 25.2 Å². The second-order valence-corrected chi connectivity index (χ2v) is 8.40. The van der Waals surface area contributed by atoms with E-state index in [1.165, 1.54) is 0 Å². The molecule has 0 bridgehead atoms. The Bertz CT molecular complexity index is 617. The van der Waals surface area contributed by atoms with Crippen molar-refractivity contribution in [2.24, 2.45) is 11.8 Å². The molecule has 1 rings (SSSR count). The van der Waals surface area contributed by atoms with E-state index in [0.29, 0.717) is 44.4 Å². The molecule has 0 spiro atoms. The number of hydrogen-bond acceptors (Lipinski definition) is 5. The minimum atomic E-state index is -0.485. The molecule has 0 aromatic heterocycles. The molecule has 3 N–H and O–H groups in total. The van der Waals surface area contributed by atoms with Gasteiger partial charge in [0.1, 0.15) is 6.61 Å². The van der Waals surface area contributed by atoms with Gasteiger partial charge in [-0.15, -0.1) is 0 Å². The van der Waals surface area contributed by atoms with Crippen LogP contribution in [0, 0.1) is 11.8 Å². The largest absolute Gasteiger partial charge is 0.445 e. The fourth-order valence-corrected chi connectivity index (χ4v) is 2.66. The minimum Gasteiger partial charge on any atom is -0.445 e. The Morgan fingerprint density at radius 3 is 2.37 bits per heavy atom. The van der Waals surface area contributed by atoms with Crippen molar-refractivity contribution in [1.82, 2.24) is 5.32 Å². The maximum Gasteiger partial charge on any atom is 0.407 e. The molecular formula is C23H38N2O5. The number of aliphatic hydroxyl groups excluding tert-OH is 1. The van der Waals surface area contributed by atoms with Crippen molar-refractivity contribution < 1.29 is 24.2 Å². The molecule has 0 saturated carbocycles. The van der Waals surface area contributed by atoms with Crippen molar-refractivity contribution in [1.29, 1.82) is 0 Å². The van der Waals surface area contributed by atoms with Crippen LogP contribution in [-0.4, -0.2) is 43.0 Å². The van der Waals surface area contributed by atoms with E-state index in [-0.39, 0.29) is 12.5 Å². The van der Waals surface area contributed by atoms with Gasteiger partial charge in [0, 0.05) is 25.3 Å². The fraction of sp³-hybridized carbons (Fsp3) is 0.652. The Kier molecular flexibility index (Phi) is 12.8. The Morgan fingerprint density at radius 1 is 1.03 bits per heavy atom. The highest BCUT2D eigenvalue weighted by atomic mass is 16.5. The van der Waals surface area contributed by atoms with Gasteiger partial charge in [0.15, 0.2) is 0 Å². The van der Waals surface area contributed by atoms with E-state index in [0.717, 1.165) is 24.1 Å². The summed E-state index contributed by atoms with van der Waals surface area (Å²) in [5.74, 6) is 0.870. The van der Waals surface area contributed by atoms with Gasteiger partial charge in [-0.3, -0.25) is 4.79 Å². The maximum atomic E-state index is 11.8. The lowest BCUT2D eigenvalue weighted by molar-refractivity contribution is -0.116. The average molecular weight is 423 g/mol. The van der Waals surface area contributed by atoms with Crippen LogP contribution in [0.25, 0.3) is 0 Å². The predicted molar refractivity (Wildman–Crippen MR) is 118 cm³/mol. The molecule has 1 atom stereocenters. The molecule has 1 unspecified atom stereocenters. The lowest BCUT2D eigenvalue weighted by Gasteiger charge is -2.12. The number of amides is 2. The van der Waals surface area contributed by atoms with Crippen molar-refractivity contribution in [2.75, 3.05) is 25.1 Å². The first-order chi connectivity index (χ1) is 14.3. The molecule has 0 fully saturated rings. The zero-order chi connectivity index (χ0) is 22.4. The van der Waals surface area contributed by atoms with Gasteiger partial charge in [-0.05, 0) is 48.8 Å². The van der Waals surface area contributed by atoms with Crippen LogP contribution in [-0.2, 0) is 20.9 Å². The Hall–Kier alpha value is -2.12. The molecular weight excluding hydrogens is 384 g/mol. The van der Waals surface area contributed by atoms with Gasteiger partial charge >= 0.3 is 6.09 Å². The van der Waals surface area contributed by atoms with Crippen LogP contribution < -0.4 is 10.6 Å². The van der Waals surface area contributed by atoms with Crippen molar-refractivity contribution in [3.8, 4) is 0 Å². The Balaban J connectivity index is 2.12. The van der Waals surface area contributed by atoms with E-state index < -0.39 is 12.2 Å². The average Bonchev–Trinajstić information content (AvgIpc) is 2.67. The quantitative estimate of drug-likeness (QED) is 0.392. The predicted octanol–water partition coefficient (Wildman–Crippen LogP) is 4.10. The maximum absolute atomic E-state index is 11.8. The topological polar surface area (TPSA) is 96.9 Å². The molecule has 170 valence electrons. The monoisotopic (exact) mass is 422 g/mol. The van der Waals surface area contributed by atoms with Crippen LogP contribution >= 0.6 is 0 Å². The van der Waals surface area contributed by atoms with Gasteiger partial charge in [0.2, 0.25) is 5.91 Å². The summed E-state index contributed by atoms with van der Waals surface area (Å²) in [5.41, 5.74) is 1.56. The minimum absolute atomic E-state index is 0.0116. The molecule has 30 heavy (non-hydrogen) atoms. The highest BCUT2D eigenvalue weighted by molar-refractivity contribution is 5.90. The molecule has 7 heteroatoms. The summed E-state index contributed by atoms with van der Waals surface area (Å²) in [6, 6.07) is 7.22. The molecule has 1 aromatic rings. The molecule has 0 aliphatic heterocycles. The summed E-state index contributed by atoms with van der Waals surface area (Å²) in [6.07, 6.45) is 1.94. The van der Waals surface area contributed by atoms with Crippen LogP contribution in [0.15, 0.2) is 24.3 Å². The summed E-state index contributed by atoms with van der Waals surface area (Å²) >= 11 is 0. The number of hydrogen-bond donors (Lipinski definition) is 3. The number of rotatable bonds is 14. The molecule has 0 heterocycles. The van der Waals surface area contributed by atoms with E-state index in [1.54, 1.807) is 12.1 Å². The number of carbonyl (C=O) groups is 2. The standard InChI is InChI=1S/C23H38N2O5/c1-17(2)6-11-21(26)16-29-13-5-12-24-23(28)30-15-19-7-9-20(10-8-19)25-22(27)14-18(3)4/h7-10,17-18,21,26H,5-6,11-16H2,1-4H3,(H,24,28)(H,25,27). The normalized spacial score (nSPS) is 12.1. The second kappa shape index (κ2) is 14.8. The molecule has 0 saturated heterocycles. The van der Waals surface area contributed by atoms with E-state index in [1.807, 2.05) is 26.0 Å². The SMILES string of the molecule is CC(C)CCC(O)COCCCNC(=O)OCc1ccc(NC(=O)CC(C)C)cc1. The first-order valence-electron chi connectivity index (χ1n) is 10.8. The van der Waals surface area contributed by atoms with Crippen LogP contribution in [0.2, 0.25) is 0 Å². The van der Waals surface area contributed by atoms with Crippen molar-refractivity contribution in [3.63, 3.8) is 0 Å². The lowest BCUT2D eigenvalue weighted by Crippen LogP contribution is -2.26. The third kappa shape index (κ3) is 13.2. The van der Waals surface area contributed by atoms with Gasteiger partial charge in [-0.2, -0.15) is 0 Å². The first-order valence-corrected chi connectivity index (χ1v) is 10.8. The molecule has 0 aliphatic carbocycles. The van der Waals surface area contributed by atoms with Crippen molar-refractivity contribution in [2.45, 2.75) is 66.1 Å². The zero-order valence-electron chi connectivity index (χ0n) is 18.8. The summed E-state index contributed by atoms with van der Waals surface area (Å²) < 4.78 is 10.6. The molecule has 7 nitrogen and oxygen atoms in total. The fourth-order valence-electron chi connectivity index (χ4n) is 2.66. The smallest absolute Gasteiger partial charge is 0.407 e. The zero-order valence-corrected chi connectivity index (χ0v) is 18.8. The molecule has 0 radical (unpaired) electrons. The Labute approximate surface area is 180 Å². The number of benzene rings is 1. The van der Waals surface area contributed by atoms with Crippen molar-refractivity contribution in [3.05, 3.63) is 29.8 Å². The number of alkyl carbamates (subject to hydrolysis) is 1. The third-order valence-electron chi connectivity index (χ3n) is 4.32. The number of ether oxygens (including phenoxy) is 2. The highest BCUT2D eigenvalue weighted by Crippen LogP contribution is 2.12. The second-order valence-electron chi connectivity index (χ2n) is 8.40.